The van der Waals surface area contributed by atoms with E-state index in [-0.39, 0.29) is 6.04 Å². The van der Waals surface area contributed by atoms with Gasteiger partial charge in [-0.2, -0.15) is 0 Å². The first kappa shape index (κ1) is 13.2. The zero-order valence-corrected chi connectivity index (χ0v) is 12.3. The molecule has 0 aromatic carbocycles. The number of hydrogen-bond donors (Lipinski definition) is 2. The van der Waals surface area contributed by atoms with Gasteiger partial charge in [0.25, 0.3) is 0 Å². The summed E-state index contributed by atoms with van der Waals surface area (Å²) < 4.78 is 2.22. The Bertz CT molecular complexity index is 379. The molecule has 0 fully saturated rings. The minimum Gasteiger partial charge on any atom is -0.271 e. The summed E-state index contributed by atoms with van der Waals surface area (Å²) in [7, 11) is 0. The van der Waals surface area contributed by atoms with Crippen LogP contribution in [0.15, 0.2) is 13.6 Å². The summed E-state index contributed by atoms with van der Waals surface area (Å²) in [6.45, 7) is 1.85. The highest BCUT2D eigenvalue weighted by molar-refractivity contribution is 9.12. The Morgan fingerprint density at radius 1 is 1.60 bits per heavy atom. The van der Waals surface area contributed by atoms with Gasteiger partial charge in [-0.15, -0.1) is 23.2 Å². The summed E-state index contributed by atoms with van der Waals surface area (Å²) in [6, 6.07) is 2.24. The number of hydrogen-bond acceptors (Lipinski definition) is 3. The Morgan fingerprint density at radius 2 is 2.33 bits per heavy atom. The van der Waals surface area contributed by atoms with Gasteiger partial charge < -0.3 is 0 Å². The van der Waals surface area contributed by atoms with Gasteiger partial charge in [0.05, 0.1) is 7.57 Å². The number of thiophene rings is 1. The maximum absolute atomic E-state index is 5.54. The predicted molar refractivity (Wildman–Crippen MR) is 72.5 cm³/mol. The molecule has 0 saturated heterocycles. The summed E-state index contributed by atoms with van der Waals surface area (Å²) >= 11 is 8.63. The quantitative estimate of drug-likeness (QED) is 0.494. The second-order valence-electron chi connectivity index (χ2n) is 2.96. The second kappa shape index (κ2) is 6.66. The molecule has 1 aromatic rings. The molecule has 0 bridgehead atoms. The van der Waals surface area contributed by atoms with E-state index in [0.717, 1.165) is 20.4 Å². The molecule has 1 atom stereocenters. The average molecular weight is 352 g/mol. The fourth-order valence-corrected chi connectivity index (χ4v) is 4.23. The molecular formula is C10H12Br2N2S. The van der Waals surface area contributed by atoms with Crippen LogP contribution in [0.5, 0.6) is 0 Å². The maximum atomic E-state index is 5.54. The van der Waals surface area contributed by atoms with Crippen molar-refractivity contribution in [2.75, 3.05) is 0 Å². The lowest BCUT2D eigenvalue weighted by Crippen LogP contribution is -2.27. The molecule has 5 heteroatoms. The van der Waals surface area contributed by atoms with Gasteiger partial charge in [-0.3, -0.25) is 11.3 Å². The van der Waals surface area contributed by atoms with E-state index in [2.05, 4.69) is 55.2 Å². The summed E-state index contributed by atoms with van der Waals surface area (Å²) in [5.41, 5.74) is 4.01. The van der Waals surface area contributed by atoms with Crippen molar-refractivity contribution in [2.45, 2.75) is 25.8 Å². The Hall–Kier alpha value is 0.140. The zero-order chi connectivity index (χ0) is 11.3. The van der Waals surface area contributed by atoms with Crippen LogP contribution in [-0.4, -0.2) is 0 Å². The van der Waals surface area contributed by atoms with Gasteiger partial charge in [0, 0.05) is 12.5 Å². The molecule has 0 aliphatic carbocycles. The van der Waals surface area contributed by atoms with Crippen molar-refractivity contribution in [3.63, 3.8) is 0 Å². The van der Waals surface area contributed by atoms with Crippen LogP contribution in [0.4, 0.5) is 0 Å². The molecule has 15 heavy (non-hydrogen) atoms. The minimum atomic E-state index is 0.155. The molecule has 1 heterocycles. The summed E-state index contributed by atoms with van der Waals surface area (Å²) in [6.07, 6.45) is 1.77. The number of nitrogens with two attached hydrogens (primary N) is 1. The standard InChI is InChI=1S/C10H12Br2N2S/c1-2-3-4-5-8(14-13)7-6-9(11)15-10(7)12/h6,8,14H,4-5,13H2,1H3. The molecule has 82 valence electrons. The van der Waals surface area contributed by atoms with Crippen LogP contribution in [0.2, 0.25) is 0 Å². The third kappa shape index (κ3) is 3.89. The topological polar surface area (TPSA) is 38.0 Å². The Labute approximate surface area is 111 Å². The van der Waals surface area contributed by atoms with Gasteiger partial charge in [0.15, 0.2) is 0 Å². The van der Waals surface area contributed by atoms with Crippen molar-refractivity contribution >= 4 is 43.2 Å². The molecule has 0 saturated carbocycles. The van der Waals surface area contributed by atoms with Crippen molar-refractivity contribution in [3.8, 4) is 11.8 Å². The van der Waals surface area contributed by atoms with Crippen molar-refractivity contribution < 1.29 is 0 Å². The highest BCUT2D eigenvalue weighted by Gasteiger charge is 2.15. The lowest BCUT2D eigenvalue weighted by Gasteiger charge is -2.13. The Morgan fingerprint density at radius 3 is 2.80 bits per heavy atom. The second-order valence-corrected chi connectivity index (χ2v) is 6.71. The Kier molecular flexibility index (Phi) is 5.87. The molecular weight excluding hydrogens is 340 g/mol. The first-order chi connectivity index (χ1) is 7.19. The SMILES string of the molecule is CC#CCCC(NN)c1cc(Br)sc1Br. The van der Waals surface area contributed by atoms with E-state index < -0.39 is 0 Å². The highest BCUT2D eigenvalue weighted by Crippen LogP contribution is 2.36. The molecule has 0 spiro atoms. The van der Waals surface area contributed by atoms with Crippen LogP contribution in [0, 0.1) is 11.8 Å². The third-order valence-electron chi connectivity index (χ3n) is 1.99. The van der Waals surface area contributed by atoms with Crippen molar-refractivity contribution in [1.29, 1.82) is 0 Å². The van der Waals surface area contributed by atoms with Gasteiger partial charge in [-0.05, 0) is 56.8 Å². The van der Waals surface area contributed by atoms with E-state index in [1.54, 1.807) is 11.3 Å². The van der Waals surface area contributed by atoms with Gasteiger partial charge in [-0.1, -0.05) is 0 Å². The van der Waals surface area contributed by atoms with Crippen LogP contribution in [0.1, 0.15) is 31.4 Å². The van der Waals surface area contributed by atoms with Crippen molar-refractivity contribution in [3.05, 3.63) is 19.2 Å². The first-order valence-electron chi connectivity index (χ1n) is 4.49. The van der Waals surface area contributed by atoms with Gasteiger partial charge >= 0.3 is 0 Å². The van der Waals surface area contributed by atoms with Crippen molar-refractivity contribution in [1.82, 2.24) is 5.43 Å². The predicted octanol–water partition coefficient (Wildman–Crippen LogP) is 3.58. The summed E-state index contributed by atoms with van der Waals surface area (Å²) in [4.78, 5) is 0. The van der Waals surface area contributed by atoms with Crippen LogP contribution in [0.25, 0.3) is 0 Å². The van der Waals surface area contributed by atoms with Gasteiger partial charge in [-0.25, -0.2) is 0 Å². The smallest absolute Gasteiger partial charge is 0.0758 e. The number of halogens is 2. The molecule has 1 aromatic heterocycles. The third-order valence-corrected chi connectivity index (χ3v) is 4.38. The van der Waals surface area contributed by atoms with E-state index in [4.69, 9.17) is 5.84 Å². The lowest BCUT2D eigenvalue weighted by molar-refractivity contribution is 0.523. The van der Waals surface area contributed by atoms with Gasteiger partial charge in [0.2, 0.25) is 0 Å². The van der Waals surface area contributed by atoms with Crippen LogP contribution in [-0.2, 0) is 0 Å². The molecule has 0 radical (unpaired) electrons. The van der Waals surface area contributed by atoms with Crippen LogP contribution < -0.4 is 11.3 Å². The van der Waals surface area contributed by atoms with E-state index in [0.29, 0.717) is 0 Å². The monoisotopic (exact) mass is 350 g/mol. The molecule has 2 nitrogen and oxygen atoms in total. The van der Waals surface area contributed by atoms with Crippen LogP contribution >= 0.6 is 43.2 Å². The minimum absolute atomic E-state index is 0.155. The molecule has 1 unspecified atom stereocenters. The molecule has 0 aliphatic heterocycles. The highest BCUT2D eigenvalue weighted by atomic mass is 79.9. The number of nitrogens with one attached hydrogen (secondary N) is 1. The molecule has 1 rings (SSSR count). The van der Waals surface area contributed by atoms with Crippen LogP contribution in [0.3, 0.4) is 0 Å². The van der Waals surface area contributed by atoms with E-state index >= 15 is 0 Å². The van der Waals surface area contributed by atoms with E-state index in [9.17, 15) is 0 Å². The van der Waals surface area contributed by atoms with E-state index in [1.807, 2.05) is 6.92 Å². The average Bonchev–Trinajstić information content (AvgIpc) is 2.53. The van der Waals surface area contributed by atoms with Gasteiger partial charge in [0.1, 0.15) is 0 Å². The number of rotatable bonds is 4. The normalized spacial score (nSPS) is 12.0. The summed E-state index contributed by atoms with van der Waals surface area (Å²) in [5, 5.41) is 0. The lowest BCUT2D eigenvalue weighted by atomic mass is 10.1. The summed E-state index contributed by atoms with van der Waals surface area (Å²) in [5.74, 6) is 11.5. The van der Waals surface area contributed by atoms with Crippen molar-refractivity contribution in [2.24, 2.45) is 5.84 Å². The van der Waals surface area contributed by atoms with E-state index in [1.165, 1.54) is 5.56 Å². The molecule has 3 N–H and O–H groups in total. The first-order valence-corrected chi connectivity index (χ1v) is 6.89. The largest absolute Gasteiger partial charge is 0.271 e. The molecule has 0 amide bonds. The zero-order valence-electron chi connectivity index (χ0n) is 8.31. The Balaban J connectivity index is 2.72. The number of hydrazine groups is 1. The fourth-order valence-electron chi connectivity index (χ4n) is 1.26. The maximum Gasteiger partial charge on any atom is 0.0758 e. The molecule has 0 aliphatic rings. The fraction of sp³-hybridized carbons (Fsp3) is 0.400.